The molecular weight excluding hydrogens is 373 g/mol. The second kappa shape index (κ2) is 5.92. The average Bonchev–Trinajstić information content (AvgIpc) is 2.36. The Bertz CT molecular complexity index is 640. The molecule has 0 bridgehead atoms. The number of aryl methyl sites for hydroxylation is 2. The topological polar surface area (TPSA) is 29.1 Å². The first-order chi connectivity index (χ1) is 8.97. The quantitative estimate of drug-likeness (QED) is 0.738. The van der Waals surface area contributed by atoms with Gasteiger partial charge in [-0.15, -0.1) is 0 Å². The van der Waals surface area contributed by atoms with Crippen molar-refractivity contribution in [3.63, 3.8) is 0 Å². The van der Waals surface area contributed by atoms with Crippen molar-refractivity contribution in [2.24, 2.45) is 0 Å². The fourth-order valence-corrected chi connectivity index (χ4v) is 2.42. The lowest BCUT2D eigenvalue weighted by Crippen LogP contribution is -2.14. The Hall–Kier alpha value is -1.07. The van der Waals surface area contributed by atoms with E-state index in [4.69, 9.17) is 11.6 Å². The second-order valence-electron chi connectivity index (χ2n) is 4.40. The highest BCUT2D eigenvalue weighted by Crippen LogP contribution is 2.25. The van der Waals surface area contributed by atoms with Crippen molar-refractivity contribution in [3.05, 3.63) is 61.7 Å². The van der Waals surface area contributed by atoms with E-state index in [-0.39, 0.29) is 5.91 Å². The van der Waals surface area contributed by atoms with E-state index in [2.05, 4.69) is 27.9 Å². The largest absolute Gasteiger partial charge is 0.321 e. The maximum Gasteiger partial charge on any atom is 0.255 e. The molecular formula is C15H13ClINO. The van der Waals surface area contributed by atoms with Gasteiger partial charge in [0.25, 0.3) is 5.91 Å². The Labute approximate surface area is 131 Å². The van der Waals surface area contributed by atoms with Gasteiger partial charge in [-0.3, -0.25) is 4.79 Å². The number of anilines is 1. The molecule has 0 aliphatic rings. The third kappa shape index (κ3) is 3.48. The van der Waals surface area contributed by atoms with Crippen LogP contribution in [0.4, 0.5) is 5.69 Å². The van der Waals surface area contributed by atoms with E-state index in [1.165, 1.54) is 0 Å². The number of nitrogens with one attached hydrogen (secondary N) is 1. The summed E-state index contributed by atoms with van der Waals surface area (Å²) in [4.78, 5) is 12.3. The van der Waals surface area contributed by atoms with Crippen LogP contribution in [0.15, 0.2) is 36.4 Å². The molecule has 1 amide bonds. The highest BCUT2D eigenvalue weighted by Gasteiger charge is 2.11. The number of hydrogen-bond donors (Lipinski definition) is 1. The second-order valence-corrected chi connectivity index (χ2v) is 6.05. The molecule has 2 rings (SSSR count). The van der Waals surface area contributed by atoms with Crippen molar-refractivity contribution in [2.75, 3.05) is 5.32 Å². The van der Waals surface area contributed by atoms with Crippen LogP contribution in [-0.4, -0.2) is 5.91 Å². The van der Waals surface area contributed by atoms with Gasteiger partial charge in [0.15, 0.2) is 0 Å². The lowest BCUT2D eigenvalue weighted by Gasteiger charge is -2.10. The number of halogens is 2. The molecule has 2 nitrogen and oxygen atoms in total. The van der Waals surface area contributed by atoms with Gasteiger partial charge in [0.2, 0.25) is 0 Å². The molecule has 2 aromatic carbocycles. The van der Waals surface area contributed by atoms with E-state index in [0.29, 0.717) is 16.3 Å². The summed E-state index contributed by atoms with van der Waals surface area (Å²) in [5.74, 6) is -0.134. The first kappa shape index (κ1) is 14.3. The lowest BCUT2D eigenvalue weighted by molar-refractivity contribution is 0.102. The Kier molecular flexibility index (Phi) is 4.47. The monoisotopic (exact) mass is 385 g/mol. The summed E-state index contributed by atoms with van der Waals surface area (Å²) in [5, 5.41) is 3.40. The SMILES string of the molecule is Cc1ccc(C)c(C(=O)Nc2cc(I)ccc2Cl)c1. The summed E-state index contributed by atoms with van der Waals surface area (Å²) in [6, 6.07) is 11.3. The van der Waals surface area contributed by atoms with Gasteiger partial charge in [0.05, 0.1) is 10.7 Å². The van der Waals surface area contributed by atoms with Crippen LogP contribution in [0.3, 0.4) is 0 Å². The van der Waals surface area contributed by atoms with Gasteiger partial charge in [0, 0.05) is 9.13 Å². The predicted molar refractivity (Wildman–Crippen MR) is 88.0 cm³/mol. The highest BCUT2D eigenvalue weighted by atomic mass is 127. The van der Waals surface area contributed by atoms with Crippen LogP contribution in [0.25, 0.3) is 0 Å². The van der Waals surface area contributed by atoms with Crippen LogP contribution in [0, 0.1) is 17.4 Å². The standard InChI is InChI=1S/C15H13ClINO/c1-9-3-4-10(2)12(7-9)15(19)18-14-8-11(17)5-6-13(14)16/h3-8H,1-2H3,(H,18,19). The van der Waals surface area contributed by atoms with Crippen LogP contribution >= 0.6 is 34.2 Å². The third-order valence-electron chi connectivity index (χ3n) is 2.81. The van der Waals surface area contributed by atoms with E-state index in [1.807, 2.05) is 44.2 Å². The van der Waals surface area contributed by atoms with E-state index in [0.717, 1.165) is 14.7 Å². The summed E-state index contributed by atoms with van der Waals surface area (Å²) in [7, 11) is 0. The first-order valence-corrected chi connectivity index (χ1v) is 7.26. The van der Waals surface area contributed by atoms with Crippen molar-refractivity contribution in [1.29, 1.82) is 0 Å². The van der Waals surface area contributed by atoms with Crippen molar-refractivity contribution >= 4 is 45.8 Å². The molecule has 0 heterocycles. The molecule has 4 heteroatoms. The molecule has 0 unspecified atom stereocenters. The summed E-state index contributed by atoms with van der Waals surface area (Å²) < 4.78 is 1.03. The van der Waals surface area contributed by atoms with Crippen molar-refractivity contribution < 1.29 is 4.79 Å². The maximum absolute atomic E-state index is 12.3. The molecule has 19 heavy (non-hydrogen) atoms. The van der Waals surface area contributed by atoms with Crippen LogP contribution in [-0.2, 0) is 0 Å². The fourth-order valence-electron chi connectivity index (χ4n) is 1.76. The molecule has 2 aromatic rings. The summed E-state index contributed by atoms with van der Waals surface area (Å²) in [6.07, 6.45) is 0. The fraction of sp³-hybridized carbons (Fsp3) is 0.133. The minimum absolute atomic E-state index is 0.134. The van der Waals surface area contributed by atoms with Gasteiger partial charge in [-0.05, 0) is 66.3 Å². The first-order valence-electron chi connectivity index (χ1n) is 5.81. The van der Waals surface area contributed by atoms with E-state index in [9.17, 15) is 4.79 Å². The number of rotatable bonds is 2. The predicted octanol–water partition coefficient (Wildman–Crippen LogP) is 4.81. The van der Waals surface area contributed by atoms with E-state index < -0.39 is 0 Å². The van der Waals surface area contributed by atoms with Gasteiger partial charge in [-0.2, -0.15) is 0 Å². The minimum atomic E-state index is -0.134. The van der Waals surface area contributed by atoms with Crippen LogP contribution in [0.1, 0.15) is 21.5 Å². The molecule has 0 spiro atoms. The van der Waals surface area contributed by atoms with Crippen molar-refractivity contribution in [2.45, 2.75) is 13.8 Å². The molecule has 0 aliphatic heterocycles. The highest BCUT2D eigenvalue weighted by molar-refractivity contribution is 14.1. The number of carbonyl (C=O) groups is 1. The van der Waals surface area contributed by atoms with Crippen LogP contribution in [0.5, 0.6) is 0 Å². The third-order valence-corrected chi connectivity index (χ3v) is 3.81. The van der Waals surface area contributed by atoms with Gasteiger partial charge in [-0.1, -0.05) is 29.3 Å². The van der Waals surface area contributed by atoms with Gasteiger partial charge in [-0.25, -0.2) is 0 Å². The van der Waals surface area contributed by atoms with Crippen LogP contribution in [0.2, 0.25) is 5.02 Å². The lowest BCUT2D eigenvalue weighted by atomic mass is 10.1. The smallest absolute Gasteiger partial charge is 0.255 e. The number of hydrogen-bond acceptors (Lipinski definition) is 1. The molecule has 0 aliphatic carbocycles. The summed E-state index contributed by atoms with van der Waals surface area (Å²) in [5.41, 5.74) is 3.32. The van der Waals surface area contributed by atoms with Crippen LogP contribution < -0.4 is 5.32 Å². The number of carbonyl (C=O) groups excluding carboxylic acids is 1. The van der Waals surface area contributed by atoms with Gasteiger partial charge >= 0.3 is 0 Å². The van der Waals surface area contributed by atoms with E-state index >= 15 is 0 Å². The zero-order valence-electron chi connectivity index (χ0n) is 10.6. The number of benzene rings is 2. The summed E-state index contributed by atoms with van der Waals surface area (Å²) >= 11 is 8.27. The Balaban J connectivity index is 2.30. The summed E-state index contributed by atoms with van der Waals surface area (Å²) in [6.45, 7) is 3.89. The molecule has 98 valence electrons. The average molecular weight is 386 g/mol. The number of amides is 1. The normalized spacial score (nSPS) is 10.3. The van der Waals surface area contributed by atoms with Gasteiger partial charge in [0.1, 0.15) is 0 Å². The molecule has 1 N–H and O–H groups in total. The Morgan fingerprint density at radius 2 is 1.89 bits per heavy atom. The zero-order chi connectivity index (χ0) is 14.0. The molecule has 0 atom stereocenters. The van der Waals surface area contributed by atoms with Gasteiger partial charge < -0.3 is 5.32 Å². The molecule has 0 saturated carbocycles. The molecule has 0 fully saturated rings. The van der Waals surface area contributed by atoms with Crippen molar-refractivity contribution in [3.8, 4) is 0 Å². The zero-order valence-corrected chi connectivity index (χ0v) is 13.5. The van der Waals surface area contributed by atoms with Crippen molar-refractivity contribution in [1.82, 2.24) is 0 Å². The molecule has 0 saturated heterocycles. The molecule has 0 aromatic heterocycles. The molecule has 0 radical (unpaired) electrons. The Morgan fingerprint density at radius 1 is 1.16 bits per heavy atom. The Morgan fingerprint density at radius 3 is 2.63 bits per heavy atom. The maximum atomic E-state index is 12.3. The minimum Gasteiger partial charge on any atom is -0.321 e. The van der Waals surface area contributed by atoms with E-state index in [1.54, 1.807) is 6.07 Å².